The summed E-state index contributed by atoms with van der Waals surface area (Å²) in [5.74, 6) is 1.57. The first-order valence-electron chi connectivity index (χ1n) is 10.2. The number of aliphatic hydroxyl groups is 1. The van der Waals surface area contributed by atoms with Crippen LogP contribution in [-0.2, 0) is 6.42 Å². The summed E-state index contributed by atoms with van der Waals surface area (Å²) in [6, 6.07) is 3.81. The summed E-state index contributed by atoms with van der Waals surface area (Å²) in [4.78, 5) is 4.27. The van der Waals surface area contributed by atoms with Gasteiger partial charge < -0.3 is 20.3 Å². The number of ether oxygens (including phenoxy) is 1. The number of nitrogens with zero attached hydrogens (tertiary/aromatic N) is 3. The molecule has 5 rings (SSSR count). The van der Waals surface area contributed by atoms with Crippen LogP contribution in [0.25, 0.3) is 22.0 Å². The van der Waals surface area contributed by atoms with E-state index in [0.29, 0.717) is 30.1 Å². The van der Waals surface area contributed by atoms with Crippen LogP contribution < -0.4 is 10.1 Å². The van der Waals surface area contributed by atoms with Crippen molar-refractivity contribution in [2.45, 2.75) is 51.2 Å². The van der Waals surface area contributed by atoms with E-state index in [2.05, 4.69) is 20.5 Å². The smallest absolute Gasteiger partial charge is 0.158 e. The number of aliphatic hydroxyl groups excluding tert-OH is 1. The molecule has 29 heavy (non-hydrogen) atoms. The van der Waals surface area contributed by atoms with Crippen molar-refractivity contribution in [2.24, 2.45) is 0 Å². The Labute approximate surface area is 168 Å². The van der Waals surface area contributed by atoms with Gasteiger partial charge in [-0.1, -0.05) is 12.8 Å². The number of hydrogen-bond acceptors (Lipinski definition) is 7. The molecule has 3 N–H and O–H groups in total. The Morgan fingerprint density at radius 2 is 2.03 bits per heavy atom. The van der Waals surface area contributed by atoms with Gasteiger partial charge in [0.1, 0.15) is 17.2 Å². The number of aromatic nitrogens is 3. The normalized spacial score (nSPS) is 21.0. The summed E-state index contributed by atoms with van der Waals surface area (Å²) in [6.45, 7) is 2.52. The molecule has 0 spiro atoms. The molecule has 1 fully saturated rings. The van der Waals surface area contributed by atoms with Gasteiger partial charge in [-0.15, -0.1) is 10.2 Å². The maximum Gasteiger partial charge on any atom is 0.158 e. The van der Waals surface area contributed by atoms with E-state index in [1.165, 1.54) is 0 Å². The van der Waals surface area contributed by atoms with Gasteiger partial charge in [0, 0.05) is 40.7 Å². The van der Waals surface area contributed by atoms with Crippen molar-refractivity contribution in [3.05, 3.63) is 35.7 Å². The molecule has 0 amide bonds. The maximum atomic E-state index is 11.0. The van der Waals surface area contributed by atoms with E-state index in [-0.39, 0.29) is 17.9 Å². The summed E-state index contributed by atoms with van der Waals surface area (Å²) < 4.78 is 5.61. The predicted octanol–water partition coefficient (Wildman–Crippen LogP) is 3.36. The van der Waals surface area contributed by atoms with E-state index >= 15 is 0 Å². The SMILES string of the molecule is Cc1cc2c(c(O)c1-c1nnc(N[C@@H]3CCCC[C@H]3O)c3cnccc13)CCO2. The lowest BCUT2D eigenvalue weighted by Gasteiger charge is -2.29. The maximum absolute atomic E-state index is 11.0. The van der Waals surface area contributed by atoms with Crippen molar-refractivity contribution in [2.75, 3.05) is 11.9 Å². The third-order valence-corrected chi connectivity index (χ3v) is 6.04. The minimum atomic E-state index is -0.389. The van der Waals surface area contributed by atoms with Gasteiger partial charge in [-0.2, -0.15) is 0 Å². The van der Waals surface area contributed by atoms with Gasteiger partial charge in [0.25, 0.3) is 0 Å². The lowest BCUT2D eigenvalue weighted by molar-refractivity contribution is 0.116. The molecular weight excluding hydrogens is 368 g/mol. The fourth-order valence-corrected chi connectivity index (χ4v) is 4.49. The molecule has 3 aromatic rings. The Morgan fingerprint density at radius 1 is 1.17 bits per heavy atom. The van der Waals surface area contributed by atoms with Gasteiger partial charge in [0.15, 0.2) is 5.82 Å². The largest absolute Gasteiger partial charge is 0.507 e. The van der Waals surface area contributed by atoms with Gasteiger partial charge in [0.2, 0.25) is 0 Å². The highest BCUT2D eigenvalue weighted by Gasteiger charge is 2.26. The number of fused-ring (bicyclic) bond motifs is 2. The summed E-state index contributed by atoms with van der Waals surface area (Å²) >= 11 is 0. The molecule has 2 aromatic heterocycles. The molecule has 1 aliphatic carbocycles. The number of phenols is 1. The quantitative estimate of drug-likeness (QED) is 0.628. The van der Waals surface area contributed by atoms with Gasteiger partial charge in [-0.25, -0.2) is 0 Å². The summed E-state index contributed by atoms with van der Waals surface area (Å²) in [5.41, 5.74) is 3.02. The van der Waals surface area contributed by atoms with Gasteiger partial charge in [0.05, 0.1) is 18.8 Å². The molecule has 3 heterocycles. The molecule has 1 aromatic carbocycles. The van der Waals surface area contributed by atoms with Crippen molar-refractivity contribution in [1.29, 1.82) is 0 Å². The van der Waals surface area contributed by atoms with Gasteiger partial charge >= 0.3 is 0 Å². The zero-order chi connectivity index (χ0) is 20.0. The van der Waals surface area contributed by atoms with E-state index in [1.54, 1.807) is 12.4 Å². The highest BCUT2D eigenvalue weighted by atomic mass is 16.5. The number of aryl methyl sites for hydroxylation is 1. The standard InChI is InChI=1S/C22H24N4O3/c1-12-10-18-14(7-9-29-18)21(28)19(12)20-13-6-8-23-11-15(13)22(26-25-20)24-16-4-2-3-5-17(16)27/h6,8,10-11,16-17,27-28H,2-5,7,9H2,1H3,(H,24,26)/t16-,17-/m1/s1. The Balaban J connectivity index is 1.63. The minimum Gasteiger partial charge on any atom is -0.507 e. The molecule has 1 aliphatic heterocycles. The second-order valence-corrected chi connectivity index (χ2v) is 7.91. The number of nitrogens with one attached hydrogen (secondary N) is 1. The van der Waals surface area contributed by atoms with E-state index in [1.807, 2.05) is 19.1 Å². The molecule has 7 heteroatoms. The van der Waals surface area contributed by atoms with E-state index in [4.69, 9.17) is 4.74 Å². The van der Waals surface area contributed by atoms with E-state index in [9.17, 15) is 10.2 Å². The second kappa shape index (κ2) is 7.15. The van der Waals surface area contributed by atoms with Crippen LogP contribution in [-0.4, -0.2) is 44.1 Å². The van der Waals surface area contributed by atoms with Gasteiger partial charge in [-0.3, -0.25) is 4.98 Å². The number of rotatable bonds is 3. The predicted molar refractivity (Wildman–Crippen MR) is 110 cm³/mol. The zero-order valence-corrected chi connectivity index (χ0v) is 16.4. The summed E-state index contributed by atoms with van der Waals surface area (Å²) in [7, 11) is 0. The minimum absolute atomic E-state index is 0.0420. The lowest BCUT2D eigenvalue weighted by atomic mass is 9.92. The first-order valence-corrected chi connectivity index (χ1v) is 10.2. The number of hydrogen-bond donors (Lipinski definition) is 3. The van der Waals surface area contributed by atoms with Crippen molar-refractivity contribution >= 4 is 16.6 Å². The van der Waals surface area contributed by atoms with Crippen LogP contribution in [0.3, 0.4) is 0 Å². The number of aromatic hydroxyl groups is 1. The lowest BCUT2D eigenvalue weighted by Crippen LogP contribution is -2.36. The topological polar surface area (TPSA) is 100 Å². The van der Waals surface area contributed by atoms with Gasteiger partial charge in [-0.05, 0) is 37.5 Å². The first kappa shape index (κ1) is 18.1. The van der Waals surface area contributed by atoms with Crippen LogP contribution in [0.5, 0.6) is 11.5 Å². The number of pyridine rings is 1. The molecule has 2 aliphatic rings. The number of benzene rings is 1. The third kappa shape index (κ3) is 3.06. The summed E-state index contributed by atoms with van der Waals surface area (Å²) in [5, 5.41) is 35.3. The molecule has 7 nitrogen and oxygen atoms in total. The van der Waals surface area contributed by atoms with Crippen LogP contribution in [0.1, 0.15) is 36.8 Å². The molecule has 0 saturated heterocycles. The Morgan fingerprint density at radius 3 is 2.90 bits per heavy atom. The summed E-state index contributed by atoms with van der Waals surface area (Å²) in [6.07, 6.45) is 7.60. The molecule has 1 saturated carbocycles. The molecule has 2 atom stereocenters. The number of anilines is 1. The van der Waals surface area contributed by atoms with Crippen LogP contribution in [0.4, 0.5) is 5.82 Å². The zero-order valence-electron chi connectivity index (χ0n) is 16.4. The van der Waals surface area contributed by atoms with Crippen LogP contribution in [0.15, 0.2) is 24.5 Å². The molecule has 150 valence electrons. The average molecular weight is 392 g/mol. The molecule has 0 unspecified atom stereocenters. The third-order valence-electron chi connectivity index (χ3n) is 6.04. The monoisotopic (exact) mass is 392 g/mol. The molecule has 0 bridgehead atoms. The Hall–Kier alpha value is -2.93. The fraction of sp³-hybridized carbons (Fsp3) is 0.409. The van der Waals surface area contributed by atoms with Crippen LogP contribution >= 0.6 is 0 Å². The highest BCUT2D eigenvalue weighted by Crippen LogP contribution is 2.44. The van der Waals surface area contributed by atoms with Crippen LogP contribution in [0.2, 0.25) is 0 Å². The van der Waals surface area contributed by atoms with Crippen molar-refractivity contribution < 1.29 is 14.9 Å². The Bertz CT molecular complexity index is 1090. The first-order chi connectivity index (χ1) is 14.1. The number of phenolic OH excluding ortho intramolecular Hbond substituents is 1. The van der Waals surface area contributed by atoms with Crippen molar-refractivity contribution in [3.63, 3.8) is 0 Å². The highest BCUT2D eigenvalue weighted by molar-refractivity contribution is 6.01. The van der Waals surface area contributed by atoms with E-state index < -0.39 is 0 Å². The molecule has 0 radical (unpaired) electrons. The van der Waals surface area contributed by atoms with Crippen LogP contribution in [0, 0.1) is 6.92 Å². The average Bonchev–Trinajstić information content (AvgIpc) is 3.19. The van der Waals surface area contributed by atoms with E-state index in [0.717, 1.165) is 53.3 Å². The second-order valence-electron chi connectivity index (χ2n) is 7.91. The Kier molecular flexibility index (Phi) is 4.47. The van der Waals surface area contributed by atoms with Crippen molar-refractivity contribution in [3.8, 4) is 22.8 Å². The molecular formula is C22H24N4O3. The fourth-order valence-electron chi connectivity index (χ4n) is 4.49. The van der Waals surface area contributed by atoms with Crippen molar-refractivity contribution in [1.82, 2.24) is 15.2 Å².